The summed E-state index contributed by atoms with van der Waals surface area (Å²) >= 11 is 0. The van der Waals surface area contributed by atoms with E-state index in [9.17, 15) is 8.42 Å². The third-order valence-corrected chi connectivity index (χ3v) is 9.30. The van der Waals surface area contributed by atoms with Crippen molar-refractivity contribution in [1.82, 2.24) is 14.3 Å². The number of para-hydroxylation sites is 1. The molecule has 0 bridgehead atoms. The number of sulfonamides is 1. The van der Waals surface area contributed by atoms with Crippen LogP contribution in [0.3, 0.4) is 0 Å². The number of benzene rings is 3. The van der Waals surface area contributed by atoms with E-state index in [-0.39, 0.29) is 0 Å². The van der Waals surface area contributed by atoms with Crippen LogP contribution in [0.25, 0.3) is 21.7 Å². The van der Waals surface area contributed by atoms with Gasteiger partial charge in [0.2, 0.25) is 16.0 Å². The molecule has 7 nitrogen and oxygen atoms in total. The lowest BCUT2D eigenvalue weighted by Gasteiger charge is -2.33. The maximum absolute atomic E-state index is 13.4. The van der Waals surface area contributed by atoms with Gasteiger partial charge in [-0.25, -0.2) is 17.7 Å². The van der Waals surface area contributed by atoms with Crippen molar-refractivity contribution in [1.29, 1.82) is 0 Å². The molecule has 5 rings (SSSR count). The van der Waals surface area contributed by atoms with Crippen LogP contribution >= 0.6 is 0 Å². The van der Waals surface area contributed by atoms with E-state index < -0.39 is 10.0 Å². The van der Waals surface area contributed by atoms with Crippen molar-refractivity contribution >= 4 is 43.5 Å². The van der Waals surface area contributed by atoms with Crippen molar-refractivity contribution in [2.24, 2.45) is 11.8 Å². The van der Waals surface area contributed by atoms with Gasteiger partial charge in [0.25, 0.3) is 0 Å². The van der Waals surface area contributed by atoms with Gasteiger partial charge in [0.1, 0.15) is 5.82 Å². The molecule has 4 aromatic rings. The molecule has 0 saturated heterocycles. The monoisotopic (exact) mass is 503 g/mol. The van der Waals surface area contributed by atoms with Crippen LogP contribution < -0.4 is 10.6 Å². The third-order valence-electron chi connectivity index (χ3n) is 7.41. The first-order chi connectivity index (χ1) is 17.3. The molecule has 0 atom stereocenters. The number of anilines is 2. The molecule has 8 heteroatoms. The summed E-state index contributed by atoms with van der Waals surface area (Å²) in [6, 6.07) is 20.9. The smallest absolute Gasteiger partial charge is 0.243 e. The minimum Gasteiger partial charge on any atom is -0.383 e. The summed E-state index contributed by atoms with van der Waals surface area (Å²) in [7, 11) is 0.162. The number of fused-ring (bicyclic) bond motifs is 2. The van der Waals surface area contributed by atoms with E-state index in [0.29, 0.717) is 35.0 Å². The Morgan fingerprint density at radius 3 is 2.17 bits per heavy atom. The Morgan fingerprint density at radius 2 is 1.42 bits per heavy atom. The van der Waals surface area contributed by atoms with Crippen molar-refractivity contribution in [2.75, 3.05) is 37.8 Å². The number of aromatic nitrogens is 2. The Morgan fingerprint density at radius 1 is 0.806 bits per heavy atom. The molecule has 0 aliphatic heterocycles. The second kappa shape index (κ2) is 10.0. The summed E-state index contributed by atoms with van der Waals surface area (Å²) < 4.78 is 28.3. The lowest BCUT2D eigenvalue weighted by Crippen LogP contribution is -2.35. The van der Waals surface area contributed by atoms with Gasteiger partial charge in [0.15, 0.2) is 0 Å². The van der Waals surface area contributed by atoms with Gasteiger partial charge in [-0.1, -0.05) is 48.5 Å². The molecule has 1 aromatic heterocycles. The van der Waals surface area contributed by atoms with E-state index in [1.165, 1.54) is 4.31 Å². The molecule has 0 unspecified atom stereocenters. The molecule has 1 saturated carbocycles. The van der Waals surface area contributed by atoms with Crippen LogP contribution in [0.4, 0.5) is 11.8 Å². The minimum atomic E-state index is -3.56. The van der Waals surface area contributed by atoms with Crippen molar-refractivity contribution < 1.29 is 8.42 Å². The van der Waals surface area contributed by atoms with E-state index in [2.05, 4.69) is 9.88 Å². The first-order valence-corrected chi connectivity index (χ1v) is 13.9. The second-order valence-electron chi connectivity index (χ2n) is 9.96. The maximum Gasteiger partial charge on any atom is 0.243 e. The zero-order valence-corrected chi connectivity index (χ0v) is 21.7. The highest BCUT2D eigenvalue weighted by Crippen LogP contribution is 2.32. The molecular formula is C28H33N5O2S. The lowest BCUT2D eigenvalue weighted by atomic mass is 9.82. The van der Waals surface area contributed by atoms with Gasteiger partial charge in [-0.3, -0.25) is 0 Å². The average Bonchev–Trinajstić information content (AvgIpc) is 2.89. The van der Waals surface area contributed by atoms with Crippen molar-refractivity contribution in [3.05, 3.63) is 66.7 Å². The molecular weight excluding hydrogens is 470 g/mol. The van der Waals surface area contributed by atoms with Crippen LogP contribution in [0.1, 0.15) is 25.7 Å². The zero-order valence-electron chi connectivity index (χ0n) is 20.8. The molecule has 0 radical (unpaired) electrons. The van der Waals surface area contributed by atoms with Gasteiger partial charge in [-0.15, -0.1) is 0 Å². The van der Waals surface area contributed by atoms with Gasteiger partial charge >= 0.3 is 0 Å². The first kappa shape index (κ1) is 24.5. The molecule has 188 valence electrons. The molecule has 2 N–H and O–H groups in total. The van der Waals surface area contributed by atoms with Gasteiger partial charge in [-0.05, 0) is 61.1 Å². The lowest BCUT2D eigenvalue weighted by molar-refractivity contribution is 0.247. The molecule has 1 aliphatic carbocycles. The van der Waals surface area contributed by atoms with Crippen LogP contribution in [-0.4, -0.2) is 49.9 Å². The number of nitrogens with zero attached hydrogens (tertiary/aromatic N) is 4. The number of hydrogen-bond acceptors (Lipinski definition) is 6. The van der Waals surface area contributed by atoms with Crippen molar-refractivity contribution in [3.63, 3.8) is 0 Å². The molecule has 1 fully saturated rings. The Balaban J connectivity index is 1.20. The summed E-state index contributed by atoms with van der Waals surface area (Å²) in [6.07, 6.45) is 4.13. The fraction of sp³-hybridized carbons (Fsp3) is 0.357. The summed E-state index contributed by atoms with van der Waals surface area (Å²) in [5, 5.41) is 2.58. The zero-order chi connectivity index (χ0) is 25.3. The first-order valence-electron chi connectivity index (χ1n) is 12.5. The van der Waals surface area contributed by atoms with E-state index in [0.717, 1.165) is 53.9 Å². The quantitative estimate of drug-likeness (QED) is 0.385. The topological polar surface area (TPSA) is 92.4 Å². The fourth-order valence-electron chi connectivity index (χ4n) is 5.37. The highest BCUT2D eigenvalue weighted by Gasteiger charge is 2.29. The van der Waals surface area contributed by atoms with Crippen LogP contribution in [0.2, 0.25) is 0 Å². The number of nitrogens with two attached hydrogens (primary N) is 1. The summed E-state index contributed by atoms with van der Waals surface area (Å²) in [6.45, 7) is 1.40. The Kier molecular flexibility index (Phi) is 6.81. The van der Waals surface area contributed by atoms with Crippen LogP contribution in [0.5, 0.6) is 0 Å². The van der Waals surface area contributed by atoms with Gasteiger partial charge in [0, 0.05) is 38.0 Å². The number of rotatable bonds is 7. The Hall–Kier alpha value is -3.23. The highest BCUT2D eigenvalue weighted by atomic mass is 32.2. The third kappa shape index (κ3) is 4.88. The molecule has 1 aliphatic rings. The van der Waals surface area contributed by atoms with E-state index >= 15 is 0 Å². The van der Waals surface area contributed by atoms with E-state index in [1.54, 1.807) is 13.1 Å². The number of hydrogen-bond donors (Lipinski definition) is 1. The molecule has 3 aromatic carbocycles. The van der Waals surface area contributed by atoms with Crippen molar-refractivity contribution in [2.45, 2.75) is 30.6 Å². The second-order valence-corrected chi connectivity index (χ2v) is 12.0. The SMILES string of the molecule is CN(CC1CCC(CN(C)S(=O)(=O)c2cccc3ccccc23)CC1)c1nc(N)c2ccccc2n1. The predicted molar refractivity (Wildman–Crippen MR) is 146 cm³/mol. The van der Waals surface area contributed by atoms with Crippen LogP contribution in [0.15, 0.2) is 71.6 Å². The molecule has 36 heavy (non-hydrogen) atoms. The number of nitrogen functional groups attached to an aromatic ring is 1. The summed E-state index contributed by atoms with van der Waals surface area (Å²) in [5.41, 5.74) is 7.02. The normalized spacial score (nSPS) is 18.6. The predicted octanol–water partition coefficient (Wildman–Crippen LogP) is 4.93. The van der Waals surface area contributed by atoms with Gasteiger partial charge in [-0.2, -0.15) is 4.98 Å². The van der Waals surface area contributed by atoms with Crippen molar-refractivity contribution in [3.8, 4) is 0 Å². The summed E-state index contributed by atoms with van der Waals surface area (Å²) in [4.78, 5) is 11.7. The maximum atomic E-state index is 13.4. The largest absolute Gasteiger partial charge is 0.383 e. The summed E-state index contributed by atoms with van der Waals surface area (Å²) in [5.74, 6) is 2.02. The van der Waals surface area contributed by atoms with Crippen LogP contribution in [-0.2, 0) is 10.0 Å². The van der Waals surface area contributed by atoms with E-state index in [1.807, 2.05) is 67.7 Å². The molecule has 1 heterocycles. The Bertz CT molecular complexity index is 1480. The molecule has 0 amide bonds. The Labute approximate surface area is 213 Å². The fourth-order valence-corrected chi connectivity index (χ4v) is 6.83. The van der Waals surface area contributed by atoms with E-state index in [4.69, 9.17) is 10.7 Å². The standard InChI is InChI=1S/C28H33N5O2S/c1-32(28-30-25-12-6-5-11-24(25)27(29)31-28)18-20-14-16-21(17-15-20)19-33(2)36(34,35)26-13-7-9-22-8-3-4-10-23(22)26/h3-13,20-21H,14-19H2,1-2H3,(H2,29,30,31). The minimum absolute atomic E-state index is 0.355. The van der Waals surface area contributed by atoms with Crippen LogP contribution in [0, 0.1) is 11.8 Å². The van der Waals surface area contributed by atoms with Gasteiger partial charge < -0.3 is 10.6 Å². The average molecular weight is 504 g/mol. The molecule has 0 spiro atoms. The highest BCUT2D eigenvalue weighted by molar-refractivity contribution is 7.89. The van der Waals surface area contributed by atoms with Gasteiger partial charge in [0.05, 0.1) is 10.4 Å².